The number of halogens is 1. The SMILES string of the molecule is CCC(=O)N(c1ccc(C)cc1)C1CCN(Cc2ccc(Cl)cc2)CC1. The molecule has 3 nitrogen and oxygen atoms in total. The third-order valence-electron chi connectivity index (χ3n) is 5.12. The number of hydrogen-bond acceptors (Lipinski definition) is 2. The van der Waals surface area contributed by atoms with Crippen molar-refractivity contribution < 1.29 is 4.79 Å². The monoisotopic (exact) mass is 370 g/mol. The molecule has 1 aliphatic rings. The summed E-state index contributed by atoms with van der Waals surface area (Å²) in [6.07, 6.45) is 2.55. The minimum Gasteiger partial charge on any atom is -0.309 e. The van der Waals surface area contributed by atoms with E-state index in [2.05, 4.69) is 48.2 Å². The Kier molecular flexibility index (Phi) is 6.33. The average Bonchev–Trinajstić information content (AvgIpc) is 2.66. The van der Waals surface area contributed by atoms with Gasteiger partial charge in [-0.25, -0.2) is 0 Å². The molecular formula is C22H27ClN2O. The lowest BCUT2D eigenvalue weighted by Crippen LogP contribution is -2.47. The van der Waals surface area contributed by atoms with Crippen molar-refractivity contribution in [3.8, 4) is 0 Å². The molecule has 0 saturated carbocycles. The number of carbonyl (C=O) groups excluding carboxylic acids is 1. The Morgan fingerprint density at radius 1 is 1.08 bits per heavy atom. The Morgan fingerprint density at radius 3 is 2.27 bits per heavy atom. The molecule has 1 fully saturated rings. The van der Waals surface area contributed by atoms with E-state index in [1.54, 1.807) is 0 Å². The number of rotatable bonds is 5. The number of likely N-dealkylation sites (tertiary alicyclic amines) is 1. The summed E-state index contributed by atoms with van der Waals surface area (Å²) in [5, 5.41) is 0.777. The second-order valence-corrected chi connectivity index (χ2v) is 7.52. The summed E-state index contributed by atoms with van der Waals surface area (Å²) in [5.74, 6) is 0.213. The van der Waals surface area contributed by atoms with E-state index in [-0.39, 0.29) is 11.9 Å². The molecule has 26 heavy (non-hydrogen) atoms. The average molecular weight is 371 g/mol. The zero-order chi connectivity index (χ0) is 18.5. The summed E-state index contributed by atoms with van der Waals surface area (Å²) >= 11 is 5.97. The summed E-state index contributed by atoms with van der Waals surface area (Å²) in [7, 11) is 0. The van der Waals surface area contributed by atoms with Crippen LogP contribution in [0.25, 0.3) is 0 Å². The minimum atomic E-state index is 0.213. The lowest BCUT2D eigenvalue weighted by atomic mass is 10.0. The van der Waals surface area contributed by atoms with Gasteiger partial charge in [0.15, 0.2) is 0 Å². The normalized spacial score (nSPS) is 15.8. The molecular weight excluding hydrogens is 344 g/mol. The van der Waals surface area contributed by atoms with Gasteiger partial charge in [0.1, 0.15) is 0 Å². The molecule has 0 unspecified atom stereocenters. The molecule has 1 saturated heterocycles. The molecule has 1 amide bonds. The molecule has 3 rings (SSSR count). The number of anilines is 1. The van der Waals surface area contributed by atoms with Gasteiger partial charge >= 0.3 is 0 Å². The van der Waals surface area contributed by atoms with Crippen molar-refractivity contribution in [2.45, 2.75) is 45.7 Å². The fourth-order valence-electron chi connectivity index (χ4n) is 3.62. The fourth-order valence-corrected chi connectivity index (χ4v) is 3.74. The summed E-state index contributed by atoms with van der Waals surface area (Å²) < 4.78 is 0. The predicted octanol–water partition coefficient (Wildman–Crippen LogP) is 5.06. The van der Waals surface area contributed by atoms with E-state index in [4.69, 9.17) is 11.6 Å². The standard InChI is InChI=1S/C22H27ClN2O/c1-3-22(26)25(20-10-4-17(2)5-11-20)21-12-14-24(15-13-21)16-18-6-8-19(23)9-7-18/h4-11,21H,3,12-16H2,1-2H3. The second-order valence-electron chi connectivity index (χ2n) is 7.09. The highest BCUT2D eigenvalue weighted by molar-refractivity contribution is 6.30. The molecule has 138 valence electrons. The molecule has 2 aromatic rings. The summed E-state index contributed by atoms with van der Waals surface area (Å²) in [4.78, 5) is 17.1. The lowest BCUT2D eigenvalue weighted by molar-refractivity contribution is -0.119. The zero-order valence-corrected chi connectivity index (χ0v) is 16.4. The Hall–Kier alpha value is -1.84. The van der Waals surface area contributed by atoms with Crippen LogP contribution in [-0.4, -0.2) is 29.9 Å². The van der Waals surface area contributed by atoms with Gasteiger partial charge in [-0.1, -0.05) is 48.4 Å². The lowest BCUT2D eigenvalue weighted by Gasteiger charge is -2.38. The van der Waals surface area contributed by atoms with Gasteiger partial charge in [-0.3, -0.25) is 9.69 Å². The largest absolute Gasteiger partial charge is 0.309 e. The first-order valence-corrected chi connectivity index (χ1v) is 9.80. The molecule has 0 N–H and O–H groups in total. The zero-order valence-electron chi connectivity index (χ0n) is 15.6. The highest BCUT2D eigenvalue weighted by Crippen LogP contribution is 2.26. The van der Waals surface area contributed by atoms with E-state index < -0.39 is 0 Å². The van der Waals surface area contributed by atoms with E-state index in [9.17, 15) is 4.79 Å². The Morgan fingerprint density at radius 2 is 1.69 bits per heavy atom. The topological polar surface area (TPSA) is 23.6 Å². The van der Waals surface area contributed by atoms with Crippen LogP contribution in [0.5, 0.6) is 0 Å². The molecule has 0 atom stereocenters. The van der Waals surface area contributed by atoms with Crippen LogP contribution >= 0.6 is 11.6 Å². The van der Waals surface area contributed by atoms with Gasteiger partial charge in [0.25, 0.3) is 0 Å². The van der Waals surface area contributed by atoms with Gasteiger partial charge in [-0.2, -0.15) is 0 Å². The van der Waals surface area contributed by atoms with Gasteiger partial charge in [-0.05, 0) is 49.6 Å². The highest BCUT2D eigenvalue weighted by atomic mass is 35.5. The van der Waals surface area contributed by atoms with E-state index >= 15 is 0 Å². The van der Waals surface area contributed by atoms with E-state index in [0.717, 1.165) is 43.2 Å². The number of benzene rings is 2. The van der Waals surface area contributed by atoms with Crippen molar-refractivity contribution in [1.82, 2.24) is 4.90 Å². The van der Waals surface area contributed by atoms with E-state index in [1.165, 1.54) is 11.1 Å². The number of carbonyl (C=O) groups is 1. The first kappa shape index (κ1) is 18.9. The molecule has 0 spiro atoms. The van der Waals surface area contributed by atoms with Crippen LogP contribution in [0.2, 0.25) is 5.02 Å². The maximum atomic E-state index is 12.6. The van der Waals surface area contributed by atoms with Crippen LogP contribution in [0, 0.1) is 6.92 Å². The Labute approximate surface area is 161 Å². The maximum absolute atomic E-state index is 12.6. The Bertz CT molecular complexity index is 719. The van der Waals surface area contributed by atoms with Gasteiger partial charge in [-0.15, -0.1) is 0 Å². The van der Waals surface area contributed by atoms with Gasteiger partial charge < -0.3 is 4.90 Å². The molecule has 0 bridgehead atoms. The minimum absolute atomic E-state index is 0.213. The third-order valence-corrected chi connectivity index (χ3v) is 5.38. The molecule has 0 aliphatic carbocycles. The Balaban J connectivity index is 1.64. The molecule has 1 heterocycles. The highest BCUT2D eigenvalue weighted by Gasteiger charge is 2.28. The number of piperidine rings is 1. The van der Waals surface area contributed by atoms with Gasteiger partial charge in [0, 0.05) is 42.8 Å². The molecule has 4 heteroatoms. The maximum Gasteiger partial charge on any atom is 0.226 e. The van der Waals surface area contributed by atoms with Crippen molar-refractivity contribution in [3.63, 3.8) is 0 Å². The van der Waals surface area contributed by atoms with E-state index in [0.29, 0.717) is 6.42 Å². The first-order chi connectivity index (χ1) is 12.6. The number of nitrogens with zero attached hydrogens (tertiary/aromatic N) is 2. The predicted molar refractivity (Wildman–Crippen MR) is 109 cm³/mol. The number of aryl methyl sites for hydroxylation is 1. The third kappa shape index (κ3) is 4.66. The van der Waals surface area contributed by atoms with E-state index in [1.807, 2.05) is 24.0 Å². The quantitative estimate of drug-likeness (QED) is 0.734. The van der Waals surface area contributed by atoms with Crippen LogP contribution in [0.1, 0.15) is 37.3 Å². The second kappa shape index (κ2) is 8.70. The fraction of sp³-hybridized carbons (Fsp3) is 0.409. The van der Waals surface area contributed by atoms with Crippen molar-refractivity contribution >= 4 is 23.2 Å². The summed E-state index contributed by atoms with van der Waals surface area (Å²) in [6, 6.07) is 16.7. The van der Waals surface area contributed by atoms with Crippen LogP contribution in [0.3, 0.4) is 0 Å². The molecule has 1 aliphatic heterocycles. The van der Waals surface area contributed by atoms with Crippen molar-refractivity contribution in [2.75, 3.05) is 18.0 Å². The van der Waals surface area contributed by atoms with Crippen molar-refractivity contribution in [3.05, 3.63) is 64.7 Å². The smallest absolute Gasteiger partial charge is 0.226 e. The number of hydrogen-bond donors (Lipinski definition) is 0. The number of amides is 1. The summed E-state index contributed by atoms with van der Waals surface area (Å²) in [5.41, 5.74) is 3.53. The molecule has 0 radical (unpaired) electrons. The van der Waals surface area contributed by atoms with Crippen LogP contribution in [0.4, 0.5) is 5.69 Å². The van der Waals surface area contributed by atoms with Gasteiger partial charge in [0.2, 0.25) is 5.91 Å². The van der Waals surface area contributed by atoms with Crippen LogP contribution < -0.4 is 4.90 Å². The molecule has 0 aromatic heterocycles. The first-order valence-electron chi connectivity index (χ1n) is 9.42. The molecule has 2 aromatic carbocycles. The van der Waals surface area contributed by atoms with Crippen molar-refractivity contribution in [2.24, 2.45) is 0 Å². The summed E-state index contributed by atoms with van der Waals surface area (Å²) in [6.45, 7) is 6.97. The van der Waals surface area contributed by atoms with Crippen LogP contribution in [0.15, 0.2) is 48.5 Å². The van der Waals surface area contributed by atoms with Gasteiger partial charge in [0.05, 0.1) is 0 Å². The van der Waals surface area contributed by atoms with Crippen LogP contribution in [-0.2, 0) is 11.3 Å². The van der Waals surface area contributed by atoms with Crippen molar-refractivity contribution in [1.29, 1.82) is 0 Å².